The maximum Gasteiger partial charge on any atom is 0.416 e. The highest BCUT2D eigenvalue weighted by molar-refractivity contribution is 6.07. The average Bonchev–Trinajstić information content (AvgIpc) is 1.58. The quantitative estimate of drug-likeness (QED) is 0.0254. The van der Waals surface area contributed by atoms with Gasteiger partial charge in [-0.3, -0.25) is 38.4 Å². The normalized spacial score (nSPS) is 18.7. The number of ether oxygens (including phenoxy) is 5. The van der Waals surface area contributed by atoms with E-state index in [2.05, 4.69) is 42.2 Å². The van der Waals surface area contributed by atoms with Gasteiger partial charge in [-0.2, -0.15) is 0 Å². The van der Waals surface area contributed by atoms with E-state index in [9.17, 15) is 48.3 Å². The van der Waals surface area contributed by atoms with Gasteiger partial charge >= 0.3 is 6.09 Å². The molecule has 28 nitrogen and oxygen atoms in total. The fraction of sp³-hybridized carbons (Fsp3) is 0.468. The number of carbonyl (C=O) groups excluding carboxylic acids is 9. The molecule has 7 aliphatic rings. The molecule has 0 bridgehead atoms. The van der Waals surface area contributed by atoms with Crippen LogP contribution in [0.25, 0.3) is 22.5 Å². The summed E-state index contributed by atoms with van der Waals surface area (Å²) in [6, 6.07) is 25.5. The summed E-state index contributed by atoms with van der Waals surface area (Å²) in [5, 5.41) is 37.7. The number of hydrogen-bond donors (Lipinski definition) is 7. The molecular formula is C77H91N13O15. The number of amides is 9. The third-order valence-electron chi connectivity index (χ3n) is 21.1. The second kappa shape index (κ2) is 30.5. The number of aliphatic hydroxyl groups is 1. The van der Waals surface area contributed by atoms with Crippen LogP contribution in [-0.2, 0) is 46.7 Å². The minimum Gasteiger partial charge on any atom is -0.493 e. The van der Waals surface area contributed by atoms with Crippen LogP contribution in [0.1, 0.15) is 143 Å². The molecule has 2 saturated carbocycles. The van der Waals surface area contributed by atoms with Gasteiger partial charge in [0.2, 0.25) is 35.4 Å². The lowest BCUT2D eigenvalue weighted by atomic mass is 9.95. The average molecular weight is 1440 g/mol. The lowest BCUT2D eigenvalue weighted by molar-refractivity contribution is -0.132. The largest absolute Gasteiger partial charge is 0.493 e. The number of nitrogens with one attached hydrogen (secondary N) is 6. The van der Waals surface area contributed by atoms with E-state index in [0.29, 0.717) is 90.5 Å². The van der Waals surface area contributed by atoms with Gasteiger partial charge < -0.3 is 75.4 Å². The van der Waals surface area contributed by atoms with Gasteiger partial charge in [0.25, 0.3) is 11.8 Å². The third-order valence-corrected chi connectivity index (χ3v) is 21.1. The predicted octanol–water partition coefficient (Wildman–Crippen LogP) is 7.87. The van der Waals surface area contributed by atoms with Gasteiger partial charge in [0.15, 0.2) is 29.2 Å². The summed E-state index contributed by atoms with van der Waals surface area (Å²) in [5.41, 5.74) is 7.19. The van der Waals surface area contributed by atoms with E-state index in [1.165, 1.54) is 32.9 Å². The molecule has 1 aromatic heterocycles. The second-order valence-electron chi connectivity index (χ2n) is 29.3. The van der Waals surface area contributed by atoms with E-state index in [1.54, 1.807) is 67.2 Å². The van der Waals surface area contributed by atoms with E-state index in [0.717, 1.165) is 58.8 Å². The van der Waals surface area contributed by atoms with Crippen molar-refractivity contribution in [3.05, 3.63) is 119 Å². The van der Waals surface area contributed by atoms with E-state index >= 15 is 0 Å². The van der Waals surface area contributed by atoms with Gasteiger partial charge in [0.1, 0.15) is 24.4 Å². The summed E-state index contributed by atoms with van der Waals surface area (Å²) in [6.07, 6.45) is 4.92. The molecule has 9 amide bonds. The van der Waals surface area contributed by atoms with Gasteiger partial charge in [-0.15, -0.1) is 5.10 Å². The number of benzene rings is 5. The van der Waals surface area contributed by atoms with E-state index in [-0.39, 0.29) is 90.6 Å². The zero-order valence-electron chi connectivity index (χ0n) is 60.2. The van der Waals surface area contributed by atoms with Crippen LogP contribution in [0.4, 0.5) is 27.5 Å². The molecule has 2 saturated heterocycles. The summed E-state index contributed by atoms with van der Waals surface area (Å²) in [7, 11) is 3.03. The smallest absolute Gasteiger partial charge is 0.416 e. The number of unbranched alkanes of at least 4 members (excludes halogenated alkanes) is 2. The SMILES string of the molecule is COc1cc2c(cc1OCCCCCOc1cc3c(cc1OC)C(=O)N1CC4(CC4)C[C@H]1C(O)N3C(=O)OCc1ccc(NC(=O)[C@H](C)NC(=O)[C@@H](NC(=O)CNC(=O)CNC(=O)CCC(=O)N3Cc4ccccc4-c4nnn(C(C)C)c4-c4ccccc43)C(C)C)cc1)NC[C@@H]1CC3(CC3)CN1C2=O. The molecular weight excluding hydrogens is 1350 g/mol. The van der Waals surface area contributed by atoms with Crippen LogP contribution in [0.15, 0.2) is 97.1 Å². The number of para-hydroxylation sites is 1. The second-order valence-corrected chi connectivity index (χ2v) is 29.3. The van der Waals surface area contributed by atoms with Crippen molar-refractivity contribution in [2.45, 2.75) is 155 Å². The van der Waals surface area contributed by atoms with Gasteiger partial charge in [-0.1, -0.05) is 73.7 Å². The first-order valence-corrected chi connectivity index (χ1v) is 36.2. The van der Waals surface area contributed by atoms with Gasteiger partial charge in [-0.05, 0) is 137 Å². The van der Waals surface area contributed by atoms with Crippen molar-refractivity contribution in [3.63, 3.8) is 0 Å². The maximum atomic E-state index is 14.5. The number of nitrogens with zero attached hydrogens (tertiary/aromatic N) is 7. The number of rotatable bonds is 26. The molecule has 7 N–H and O–H groups in total. The molecule has 2 spiro atoms. The molecule has 1 unspecified atom stereocenters. The Labute approximate surface area is 608 Å². The Morgan fingerprint density at radius 1 is 0.657 bits per heavy atom. The summed E-state index contributed by atoms with van der Waals surface area (Å²) in [6.45, 7) is 10.4. The van der Waals surface area contributed by atoms with E-state index in [4.69, 9.17) is 23.7 Å². The number of carbonyl (C=O) groups is 9. The number of anilines is 4. The molecule has 13 rings (SSSR count). The molecule has 28 heteroatoms. The standard InChI is InChI=1S/C77H91N13O15/c1-44(2)67(83-65(93)39-80-64(92)38-79-63(91)23-24-66(94)86-40-48-15-9-10-16-51(48)68-69(90(45(3)4)85-84-68)52-17-11-12-18-56(52)86)71(96)81-46(5)70(95)82-49-21-19-47(20-22-49)41-105-75(100)89-57-34-62(60(102-7)32-54(57)73(98)88-43-77(27-28-77)36-58(88)74(89)99)104-30-14-8-13-29-103-61-33-55-53(31-59(61)101-6)72(97)87-42-76(25-26-76)35-50(87)37-78-55/h9-12,15-22,31-34,44-46,50,58,67,74,78,99H,8,13-14,23-30,35-43H2,1-7H3,(H,79,91)(H,80,92)(H,81,96)(H,82,95)(H,83,93)/t46-,50-,58-,67-,74?/m0/s1. The summed E-state index contributed by atoms with van der Waals surface area (Å²) >= 11 is 0. The lowest BCUT2D eigenvalue weighted by Gasteiger charge is -2.31. The van der Waals surface area contributed by atoms with Crippen LogP contribution in [0.2, 0.25) is 0 Å². The van der Waals surface area contributed by atoms with Crippen molar-refractivity contribution in [2.75, 3.05) is 80.6 Å². The number of methoxy groups -OCH3 is 2. The predicted molar refractivity (Wildman–Crippen MR) is 387 cm³/mol. The number of aliphatic hydroxyl groups excluding tert-OH is 1. The van der Waals surface area contributed by atoms with Crippen molar-refractivity contribution in [1.82, 2.24) is 46.1 Å². The molecule has 5 aliphatic heterocycles. The third kappa shape index (κ3) is 15.6. The highest BCUT2D eigenvalue weighted by atomic mass is 16.6. The molecule has 105 heavy (non-hydrogen) atoms. The summed E-state index contributed by atoms with van der Waals surface area (Å²) in [5.74, 6) is -2.72. The fourth-order valence-corrected chi connectivity index (χ4v) is 14.9. The summed E-state index contributed by atoms with van der Waals surface area (Å²) in [4.78, 5) is 129. The minimum atomic E-state index is -1.47. The lowest BCUT2D eigenvalue weighted by Crippen LogP contribution is -2.55. The molecule has 0 radical (unpaired) electrons. The van der Waals surface area contributed by atoms with Crippen LogP contribution < -0.4 is 60.6 Å². The number of aromatic nitrogens is 3. The van der Waals surface area contributed by atoms with Crippen LogP contribution >= 0.6 is 0 Å². The molecule has 5 atom stereocenters. The van der Waals surface area contributed by atoms with Crippen LogP contribution in [0.3, 0.4) is 0 Å². The zero-order chi connectivity index (χ0) is 74.0. The first-order chi connectivity index (χ1) is 50.5. The molecule has 5 aromatic carbocycles. The summed E-state index contributed by atoms with van der Waals surface area (Å²) < 4.78 is 31.7. The molecule has 554 valence electrons. The van der Waals surface area contributed by atoms with Crippen molar-refractivity contribution in [1.29, 1.82) is 0 Å². The minimum absolute atomic E-state index is 0.0183. The van der Waals surface area contributed by atoms with Crippen molar-refractivity contribution in [3.8, 4) is 45.5 Å². The molecule has 4 fully saturated rings. The Bertz CT molecular complexity index is 4360. The molecule has 6 aromatic rings. The van der Waals surface area contributed by atoms with Crippen LogP contribution in [0.5, 0.6) is 23.0 Å². The topological polar surface area (TPSA) is 336 Å². The first kappa shape index (κ1) is 72.6. The molecule has 2 aliphatic carbocycles. The van der Waals surface area contributed by atoms with E-state index < -0.39 is 79.0 Å². The first-order valence-electron chi connectivity index (χ1n) is 36.2. The number of hydrogen-bond acceptors (Lipinski definition) is 18. The van der Waals surface area contributed by atoms with Gasteiger partial charge in [0, 0.05) is 73.5 Å². The number of fused-ring (bicyclic) bond motifs is 9. The van der Waals surface area contributed by atoms with Gasteiger partial charge in [0.05, 0.1) is 87.0 Å². The van der Waals surface area contributed by atoms with Crippen molar-refractivity contribution in [2.24, 2.45) is 16.7 Å². The van der Waals surface area contributed by atoms with Gasteiger partial charge in [-0.25, -0.2) is 14.4 Å². The highest BCUT2D eigenvalue weighted by Gasteiger charge is 2.58. The van der Waals surface area contributed by atoms with Crippen LogP contribution in [-0.4, -0.2) is 174 Å². The highest BCUT2D eigenvalue weighted by Crippen LogP contribution is 2.58. The molecule has 6 heterocycles. The van der Waals surface area contributed by atoms with Crippen LogP contribution in [0, 0.1) is 16.7 Å². The Morgan fingerprint density at radius 2 is 1.30 bits per heavy atom. The Morgan fingerprint density at radius 3 is 1.99 bits per heavy atom. The Kier molecular flexibility index (Phi) is 21.1. The van der Waals surface area contributed by atoms with Crippen molar-refractivity contribution < 1.29 is 71.9 Å². The monoisotopic (exact) mass is 1440 g/mol. The van der Waals surface area contributed by atoms with Crippen molar-refractivity contribution >= 4 is 76.1 Å². The van der Waals surface area contributed by atoms with E-state index in [1.807, 2.05) is 78.0 Å². The maximum absolute atomic E-state index is 14.5. The Balaban J connectivity index is 0.556. The zero-order valence-corrected chi connectivity index (χ0v) is 60.2. The Hall–Kier alpha value is -10.8. The fourth-order valence-electron chi connectivity index (χ4n) is 14.9.